The molecular weight excluding hydrogens is 212 g/mol. The number of benzene rings is 1. The molecule has 0 aromatic heterocycles. The van der Waals surface area contributed by atoms with Gasteiger partial charge in [0.25, 0.3) is 0 Å². The lowest BCUT2D eigenvalue weighted by molar-refractivity contribution is -0.0411. The molecule has 2 rings (SSSR count). The van der Waals surface area contributed by atoms with Crippen molar-refractivity contribution in [1.29, 1.82) is 0 Å². The van der Waals surface area contributed by atoms with E-state index in [0.717, 1.165) is 16.9 Å². The number of hydrogen-bond donors (Lipinski definition) is 1. The summed E-state index contributed by atoms with van der Waals surface area (Å²) in [6.45, 7) is 5.72. The van der Waals surface area contributed by atoms with Crippen LogP contribution in [-0.2, 0) is 6.42 Å². The molecule has 1 aliphatic rings. The number of rotatable bonds is 0. The van der Waals surface area contributed by atoms with Gasteiger partial charge in [-0.1, -0.05) is 17.7 Å². The molecule has 0 bridgehead atoms. The third kappa shape index (κ3) is 1.84. The van der Waals surface area contributed by atoms with Crippen LogP contribution < -0.4 is 4.74 Å². The molecule has 82 valence electrons. The molecule has 15 heavy (non-hydrogen) atoms. The lowest BCUT2D eigenvalue weighted by Gasteiger charge is -2.37. The van der Waals surface area contributed by atoms with Gasteiger partial charge in [-0.05, 0) is 38.0 Å². The Bertz CT molecular complexity index is 399. The lowest BCUT2D eigenvalue weighted by atomic mass is 9.90. The topological polar surface area (TPSA) is 29.5 Å². The zero-order chi connectivity index (χ0) is 11.2. The molecule has 0 radical (unpaired) electrons. The molecular formula is C12H15ClO2. The molecule has 0 unspecified atom stereocenters. The molecule has 0 aliphatic carbocycles. The Kier molecular flexibility index (Phi) is 2.44. The summed E-state index contributed by atoms with van der Waals surface area (Å²) in [5, 5.41) is 10.6. The Morgan fingerprint density at radius 2 is 2.13 bits per heavy atom. The Morgan fingerprint density at radius 3 is 2.80 bits per heavy atom. The second-order valence-electron chi connectivity index (χ2n) is 4.63. The quantitative estimate of drug-likeness (QED) is 0.737. The van der Waals surface area contributed by atoms with Gasteiger partial charge in [0.2, 0.25) is 0 Å². The van der Waals surface area contributed by atoms with Crippen LogP contribution in [0, 0.1) is 6.92 Å². The highest BCUT2D eigenvalue weighted by molar-refractivity contribution is 6.31. The SMILES string of the molecule is Cc1cc2c(cc1Cl)OC(C)(C)[C@@H](O)C2. The molecule has 1 atom stereocenters. The van der Waals surface area contributed by atoms with Crippen LogP contribution in [0.25, 0.3) is 0 Å². The molecule has 0 saturated carbocycles. The van der Waals surface area contributed by atoms with Crippen LogP contribution in [0.4, 0.5) is 0 Å². The second-order valence-corrected chi connectivity index (χ2v) is 5.04. The molecule has 1 N–H and O–H groups in total. The van der Waals surface area contributed by atoms with Gasteiger partial charge < -0.3 is 9.84 Å². The van der Waals surface area contributed by atoms with Crippen molar-refractivity contribution in [2.24, 2.45) is 0 Å². The number of fused-ring (bicyclic) bond motifs is 1. The zero-order valence-corrected chi connectivity index (χ0v) is 9.93. The Labute approximate surface area is 94.8 Å². The number of aliphatic hydroxyl groups excluding tert-OH is 1. The van der Waals surface area contributed by atoms with E-state index in [9.17, 15) is 5.11 Å². The monoisotopic (exact) mass is 226 g/mol. The van der Waals surface area contributed by atoms with Crippen molar-refractivity contribution >= 4 is 11.6 Å². The number of aliphatic hydroxyl groups is 1. The fourth-order valence-electron chi connectivity index (χ4n) is 1.78. The van der Waals surface area contributed by atoms with Gasteiger partial charge in [0, 0.05) is 11.4 Å². The van der Waals surface area contributed by atoms with E-state index in [0.29, 0.717) is 11.4 Å². The molecule has 1 heterocycles. The van der Waals surface area contributed by atoms with Gasteiger partial charge in [-0.25, -0.2) is 0 Å². The first-order valence-corrected chi connectivity index (χ1v) is 5.44. The highest BCUT2D eigenvalue weighted by Gasteiger charge is 2.35. The van der Waals surface area contributed by atoms with Gasteiger partial charge in [-0.2, -0.15) is 0 Å². The van der Waals surface area contributed by atoms with Gasteiger partial charge in [0.15, 0.2) is 0 Å². The van der Waals surface area contributed by atoms with Crippen molar-refractivity contribution in [3.63, 3.8) is 0 Å². The van der Waals surface area contributed by atoms with E-state index in [1.54, 1.807) is 0 Å². The van der Waals surface area contributed by atoms with E-state index in [2.05, 4.69) is 0 Å². The normalized spacial score (nSPS) is 23.1. The fourth-order valence-corrected chi connectivity index (χ4v) is 1.94. The second kappa shape index (κ2) is 3.39. The summed E-state index contributed by atoms with van der Waals surface area (Å²) in [6, 6.07) is 3.82. The average Bonchev–Trinajstić information content (AvgIpc) is 2.11. The maximum atomic E-state index is 9.89. The Balaban J connectivity index is 2.46. The predicted molar refractivity (Wildman–Crippen MR) is 60.6 cm³/mol. The van der Waals surface area contributed by atoms with Crippen LogP contribution in [0.2, 0.25) is 5.02 Å². The Hall–Kier alpha value is -0.730. The van der Waals surface area contributed by atoms with E-state index < -0.39 is 11.7 Å². The third-order valence-corrected chi connectivity index (χ3v) is 3.34. The molecule has 1 aliphatic heterocycles. The van der Waals surface area contributed by atoms with Gasteiger partial charge in [0.05, 0.1) is 6.10 Å². The summed E-state index contributed by atoms with van der Waals surface area (Å²) < 4.78 is 5.73. The minimum atomic E-state index is -0.536. The third-order valence-electron chi connectivity index (χ3n) is 2.93. The standard InChI is InChI=1S/C12H15ClO2/c1-7-4-8-5-11(14)12(2,3)15-10(8)6-9(7)13/h4,6,11,14H,5H2,1-3H3/t11-/m0/s1. The summed E-state index contributed by atoms with van der Waals surface area (Å²) in [4.78, 5) is 0. The first kappa shape index (κ1) is 10.8. The summed E-state index contributed by atoms with van der Waals surface area (Å²) in [7, 11) is 0. The highest BCUT2D eigenvalue weighted by atomic mass is 35.5. The molecule has 3 heteroatoms. The number of aryl methyl sites for hydroxylation is 1. The lowest BCUT2D eigenvalue weighted by Crippen LogP contribution is -2.46. The van der Waals surface area contributed by atoms with Crippen LogP contribution in [0.1, 0.15) is 25.0 Å². The molecule has 2 nitrogen and oxygen atoms in total. The van der Waals surface area contributed by atoms with Crippen molar-refractivity contribution in [3.05, 3.63) is 28.3 Å². The van der Waals surface area contributed by atoms with Gasteiger partial charge in [0.1, 0.15) is 11.4 Å². The van der Waals surface area contributed by atoms with E-state index in [1.165, 1.54) is 0 Å². The first-order valence-electron chi connectivity index (χ1n) is 5.06. The summed E-state index contributed by atoms with van der Waals surface area (Å²) in [6.07, 6.45) is 0.158. The molecule has 0 fully saturated rings. The minimum Gasteiger partial charge on any atom is -0.485 e. The summed E-state index contributed by atoms with van der Waals surface area (Å²) in [5.41, 5.74) is 1.51. The Morgan fingerprint density at radius 1 is 1.47 bits per heavy atom. The van der Waals surface area contributed by atoms with Crippen LogP contribution in [0.5, 0.6) is 5.75 Å². The van der Waals surface area contributed by atoms with Crippen LogP contribution in [0.15, 0.2) is 12.1 Å². The largest absolute Gasteiger partial charge is 0.485 e. The first-order chi connectivity index (χ1) is 6.90. The van der Waals surface area contributed by atoms with Crippen LogP contribution >= 0.6 is 11.6 Å². The molecule has 0 saturated heterocycles. The molecule has 0 amide bonds. The number of halogens is 1. The van der Waals surface area contributed by atoms with E-state index in [4.69, 9.17) is 16.3 Å². The number of ether oxygens (including phenoxy) is 1. The zero-order valence-electron chi connectivity index (χ0n) is 9.17. The van der Waals surface area contributed by atoms with Crippen molar-refractivity contribution in [3.8, 4) is 5.75 Å². The maximum absolute atomic E-state index is 9.89. The minimum absolute atomic E-state index is 0.467. The van der Waals surface area contributed by atoms with Crippen molar-refractivity contribution < 1.29 is 9.84 Å². The molecule has 1 aromatic rings. The van der Waals surface area contributed by atoms with E-state index in [1.807, 2.05) is 32.9 Å². The molecule has 1 aromatic carbocycles. The summed E-state index contributed by atoms with van der Waals surface area (Å²) >= 11 is 6.03. The predicted octanol–water partition coefficient (Wildman–Crippen LogP) is 2.72. The number of hydrogen-bond acceptors (Lipinski definition) is 2. The van der Waals surface area contributed by atoms with Gasteiger partial charge in [-0.15, -0.1) is 0 Å². The summed E-state index contributed by atoms with van der Waals surface area (Å²) in [5.74, 6) is 0.793. The van der Waals surface area contributed by atoms with Crippen LogP contribution in [0.3, 0.4) is 0 Å². The average molecular weight is 227 g/mol. The highest BCUT2D eigenvalue weighted by Crippen LogP contribution is 2.36. The van der Waals surface area contributed by atoms with Gasteiger partial charge >= 0.3 is 0 Å². The van der Waals surface area contributed by atoms with E-state index >= 15 is 0 Å². The fraction of sp³-hybridized carbons (Fsp3) is 0.500. The van der Waals surface area contributed by atoms with Gasteiger partial charge in [-0.3, -0.25) is 0 Å². The van der Waals surface area contributed by atoms with Crippen molar-refractivity contribution in [1.82, 2.24) is 0 Å². The van der Waals surface area contributed by atoms with Crippen molar-refractivity contribution in [2.45, 2.75) is 38.9 Å². The molecule has 0 spiro atoms. The van der Waals surface area contributed by atoms with E-state index in [-0.39, 0.29) is 0 Å². The maximum Gasteiger partial charge on any atom is 0.129 e. The van der Waals surface area contributed by atoms with Crippen molar-refractivity contribution in [2.75, 3.05) is 0 Å². The smallest absolute Gasteiger partial charge is 0.129 e. The van der Waals surface area contributed by atoms with Crippen LogP contribution in [-0.4, -0.2) is 16.8 Å².